The first-order chi connectivity index (χ1) is 8.84. The van der Waals surface area contributed by atoms with Crippen LogP contribution in [-0.2, 0) is 9.47 Å². The second-order valence-electron chi connectivity index (χ2n) is 6.83. The van der Waals surface area contributed by atoms with Crippen molar-refractivity contribution in [2.75, 3.05) is 26.3 Å². The second kappa shape index (κ2) is 5.29. The number of aliphatic hydroxyl groups excluding tert-OH is 1. The molecule has 0 unspecified atom stereocenters. The second-order valence-corrected chi connectivity index (χ2v) is 6.83. The normalized spacial score (nSPS) is 31.8. The van der Waals surface area contributed by atoms with Crippen LogP contribution < -0.4 is 0 Å². The van der Waals surface area contributed by atoms with E-state index in [4.69, 9.17) is 9.47 Å². The van der Waals surface area contributed by atoms with E-state index in [1.807, 2.05) is 20.8 Å². The zero-order valence-electron chi connectivity index (χ0n) is 12.1. The van der Waals surface area contributed by atoms with Crippen molar-refractivity contribution in [2.24, 2.45) is 5.41 Å². The fraction of sp³-hybridized carbons (Fsp3) is 0.929. The minimum atomic E-state index is -0.457. The monoisotopic (exact) mass is 271 g/mol. The summed E-state index contributed by atoms with van der Waals surface area (Å²) in [5.74, 6) is 0. The minimum Gasteiger partial charge on any atom is -0.444 e. The van der Waals surface area contributed by atoms with Crippen LogP contribution in [0.2, 0.25) is 0 Å². The third kappa shape index (κ3) is 3.60. The molecule has 0 aliphatic carbocycles. The van der Waals surface area contributed by atoms with Gasteiger partial charge in [0.2, 0.25) is 0 Å². The molecule has 19 heavy (non-hydrogen) atoms. The zero-order chi connectivity index (χ0) is 14.1. The van der Waals surface area contributed by atoms with Crippen LogP contribution in [0.25, 0.3) is 0 Å². The fourth-order valence-corrected chi connectivity index (χ4v) is 2.99. The number of hydrogen-bond acceptors (Lipinski definition) is 4. The van der Waals surface area contributed by atoms with Crippen LogP contribution in [0.5, 0.6) is 0 Å². The molecule has 5 heteroatoms. The van der Waals surface area contributed by atoms with Gasteiger partial charge >= 0.3 is 6.09 Å². The number of ether oxygens (including phenoxy) is 2. The van der Waals surface area contributed by atoms with Crippen LogP contribution >= 0.6 is 0 Å². The summed E-state index contributed by atoms with van der Waals surface area (Å²) < 4.78 is 11.0. The Morgan fingerprint density at radius 3 is 2.84 bits per heavy atom. The van der Waals surface area contributed by atoms with Crippen LogP contribution in [0, 0.1) is 5.41 Å². The van der Waals surface area contributed by atoms with E-state index in [1.54, 1.807) is 4.90 Å². The number of carbonyl (C=O) groups is 1. The van der Waals surface area contributed by atoms with Gasteiger partial charge in [-0.2, -0.15) is 0 Å². The van der Waals surface area contributed by atoms with E-state index in [1.165, 1.54) is 0 Å². The summed E-state index contributed by atoms with van der Waals surface area (Å²) in [5.41, 5.74) is -0.440. The van der Waals surface area contributed by atoms with E-state index in [2.05, 4.69) is 0 Å². The summed E-state index contributed by atoms with van der Waals surface area (Å²) in [7, 11) is 0. The van der Waals surface area contributed by atoms with Crippen LogP contribution in [0.1, 0.15) is 40.0 Å². The molecular weight excluding hydrogens is 246 g/mol. The molecule has 2 saturated heterocycles. The number of aliphatic hydroxyl groups is 1. The molecule has 1 N–H and O–H groups in total. The molecule has 110 valence electrons. The van der Waals surface area contributed by atoms with Gasteiger partial charge in [0.25, 0.3) is 0 Å². The van der Waals surface area contributed by atoms with Crippen LogP contribution in [-0.4, -0.2) is 54.1 Å². The highest BCUT2D eigenvalue weighted by Crippen LogP contribution is 2.40. The van der Waals surface area contributed by atoms with Crippen molar-refractivity contribution in [3.63, 3.8) is 0 Å². The van der Waals surface area contributed by atoms with Crippen molar-refractivity contribution in [1.29, 1.82) is 0 Å². The van der Waals surface area contributed by atoms with Gasteiger partial charge in [-0.25, -0.2) is 4.79 Å². The summed E-state index contributed by atoms with van der Waals surface area (Å²) in [6.07, 6.45) is 2.56. The molecule has 2 rings (SSSR count). The van der Waals surface area contributed by atoms with Crippen LogP contribution in [0.3, 0.4) is 0 Å². The summed E-state index contributed by atoms with van der Waals surface area (Å²) in [6.45, 7) is 7.77. The first-order valence-corrected chi connectivity index (χ1v) is 7.04. The van der Waals surface area contributed by atoms with Gasteiger partial charge in [0, 0.05) is 18.5 Å². The molecule has 0 aromatic heterocycles. The first kappa shape index (κ1) is 14.6. The van der Waals surface area contributed by atoms with Crippen molar-refractivity contribution in [1.82, 2.24) is 4.90 Å². The highest BCUT2D eigenvalue weighted by Gasteiger charge is 2.44. The summed E-state index contributed by atoms with van der Waals surface area (Å²) >= 11 is 0. The predicted molar refractivity (Wildman–Crippen MR) is 70.9 cm³/mol. The highest BCUT2D eigenvalue weighted by molar-refractivity contribution is 5.68. The maximum absolute atomic E-state index is 12.1. The Hall–Kier alpha value is -0.810. The lowest BCUT2D eigenvalue weighted by atomic mass is 9.78. The van der Waals surface area contributed by atoms with Gasteiger partial charge in [0.15, 0.2) is 0 Å². The Labute approximate surface area is 114 Å². The average Bonchev–Trinajstić information content (AvgIpc) is 2.70. The Bertz CT molecular complexity index is 339. The molecule has 0 radical (unpaired) electrons. The van der Waals surface area contributed by atoms with Crippen molar-refractivity contribution >= 4 is 6.09 Å². The van der Waals surface area contributed by atoms with E-state index < -0.39 is 5.60 Å². The molecular formula is C14H25NO4. The first-order valence-electron chi connectivity index (χ1n) is 7.04. The lowest BCUT2D eigenvalue weighted by Crippen LogP contribution is -2.48. The van der Waals surface area contributed by atoms with E-state index in [0.29, 0.717) is 13.2 Å². The molecule has 2 aliphatic rings. The predicted octanol–water partition coefficient (Wildman–Crippen LogP) is 1.78. The lowest BCUT2D eigenvalue weighted by Gasteiger charge is -2.39. The smallest absolute Gasteiger partial charge is 0.410 e. The van der Waals surface area contributed by atoms with Crippen molar-refractivity contribution in [3.05, 3.63) is 0 Å². The Morgan fingerprint density at radius 2 is 2.26 bits per heavy atom. The van der Waals surface area contributed by atoms with Crippen LogP contribution in [0.15, 0.2) is 0 Å². The number of carbonyl (C=O) groups excluding carboxylic acids is 1. The van der Waals surface area contributed by atoms with Gasteiger partial charge in [-0.3, -0.25) is 0 Å². The molecule has 5 nitrogen and oxygen atoms in total. The van der Waals surface area contributed by atoms with Gasteiger partial charge in [-0.05, 0) is 40.0 Å². The van der Waals surface area contributed by atoms with Crippen LogP contribution in [0.4, 0.5) is 4.79 Å². The number of nitrogens with zero attached hydrogens (tertiary/aromatic N) is 1. The van der Waals surface area contributed by atoms with Crippen molar-refractivity contribution in [2.45, 2.75) is 51.7 Å². The average molecular weight is 271 g/mol. The number of piperidine rings is 1. The summed E-state index contributed by atoms with van der Waals surface area (Å²) in [6, 6.07) is 0. The number of likely N-dealkylation sites (tertiary alicyclic amines) is 1. The Balaban J connectivity index is 1.96. The van der Waals surface area contributed by atoms with Crippen molar-refractivity contribution < 1.29 is 19.4 Å². The standard InChI is InChI=1S/C14H25NO4/c1-13(2,3)19-12(17)15-6-4-5-14(9-15)7-11(8-16)18-10-14/h11,16H,4-10H2,1-3H3/t11-,14-/m1/s1. The SMILES string of the molecule is CC(C)(C)OC(=O)N1CCC[C@]2(CO[C@@H](CO)C2)C1. The van der Waals surface area contributed by atoms with Gasteiger partial charge in [-0.1, -0.05) is 0 Å². The molecule has 2 fully saturated rings. The molecule has 0 aromatic rings. The topological polar surface area (TPSA) is 59.0 Å². The number of amides is 1. The molecule has 2 aliphatic heterocycles. The maximum atomic E-state index is 12.1. The number of rotatable bonds is 1. The highest BCUT2D eigenvalue weighted by atomic mass is 16.6. The summed E-state index contributed by atoms with van der Waals surface area (Å²) in [5, 5.41) is 9.18. The zero-order valence-corrected chi connectivity index (χ0v) is 12.1. The minimum absolute atomic E-state index is 0.0164. The fourth-order valence-electron chi connectivity index (χ4n) is 2.99. The van der Waals surface area contributed by atoms with E-state index in [0.717, 1.165) is 25.8 Å². The van der Waals surface area contributed by atoms with Gasteiger partial charge in [0.05, 0.1) is 19.3 Å². The quantitative estimate of drug-likeness (QED) is 0.790. The van der Waals surface area contributed by atoms with E-state index >= 15 is 0 Å². The number of hydrogen-bond donors (Lipinski definition) is 1. The molecule has 1 spiro atoms. The van der Waals surface area contributed by atoms with Gasteiger partial charge in [-0.15, -0.1) is 0 Å². The third-order valence-electron chi connectivity index (χ3n) is 3.80. The molecule has 0 bridgehead atoms. The molecule has 2 atom stereocenters. The Kier molecular flexibility index (Phi) is 4.06. The van der Waals surface area contributed by atoms with Gasteiger partial charge in [0.1, 0.15) is 5.60 Å². The largest absolute Gasteiger partial charge is 0.444 e. The molecule has 0 saturated carbocycles. The Morgan fingerprint density at radius 1 is 1.53 bits per heavy atom. The lowest BCUT2D eigenvalue weighted by molar-refractivity contribution is 0.000839. The third-order valence-corrected chi connectivity index (χ3v) is 3.80. The van der Waals surface area contributed by atoms with E-state index in [9.17, 15) is 9.90 Å². The van der Waals surface area contributed by atoms with Gasteiger partial charge < -0.3 is 19.5 Å². The molecule has 1 amide bonds. The maximum Gasteiger partial charge on any atom is 0.410 e. The van der Waals surface area contributed by atoms with Crippen molar-refractivity contribution in [3.8, 4) is 0 Å². The summed E-state index contributed by atoms with van der Waals surface area (Å²) in [4.78, 5) is 13.9. The molecule has 0 aromatic carbocycles. The van der Waals surface area contributed by atoms with E-state index in [-0.39, 0.29) is 24.2 Å². The molecule has 2 heterocycles.